The Bertz CT molecular complexity index is 755. The van der Waals surface area contributed by atoms with Crippen LogP contribution in [0.1, 0.15) is 78.6 Å². The molecule has 8 atom stereocenters. The fourth-order valence-electron chi connectivity index (χ4n) is 8.76. The van der Waals surface area contributed by atoms with Gasteiger partial charge in [-0.15, -0.1) is 5.10 Å². The molecule has 0 amide bonds. The highest BCUT2D eigenvalue weighted by Gasteiger charge is 2.62. The fourth-order valence-corrected chi connectivity index (χ4v) is 8.76. The van der Waals surface area contributed by atoms with Gasteiger partial charge in [-0.1, -0.05) is 13.8 Å². The number of methoxy groups -OCH3 is 1. The molecule has 0 spiro atoms. The van der Waals surface area contributed by atoms with Crippen LogP contribution in [0.5, 0.6) is 0 Å². The van der Waals surface area contributed by atoms with Crippen LogP contribution in [0, 0.1) is 40.4 Å². The second-order valence-electron chi connectivity index (χ2n) is 12.0. The standard InChI is InChI=1S/C25H44N4O3/c1-16(26)28-29(27)14-22(30)21-8-7-19-18-6-5-17-13-25(31,15-32-4)12-11-23(17,2)20(18)9-10-24(19,21)3/h17-21,31H,5-15,27H2,1-4H3,(H2,26,28)/t17-,18?,19-,20-,21+,23?,24-,25+/m0/s1. The van der Waals surface area contributed by atoms with E-state index < -0.39 is 5.60 Å². The van der Waals surface area contributed by atoms with Gasteiger partial charge in [-0.3, -0.25) is 4.79 Å². The number of carbonyl (C=O) groups is 1. The lowest BCUT2D eigenvalue weighted by Gasteiger charge is -2.62. The Labute approximate surface area is 193 Å². The number of hydrogen-bond donors (Lipinski definition) is 3. The molecule has 4 aliphatic carbocycles. The van der Waals surface area contributed by atoms with Gasteiger partial charge in [-0.05, 0) is 99.2 Å². The van der Waals surface area contributed by atoms with Crippen LogP contribution in [0.25, 0.3) is 0 Å². The number of ketones is 1. The van der Waals surface area contributed by atoms with E-state index in [4.69, 9.17) is 16.3 Å². The first kappa shape index (κ1) is 24.0. The number of amidine groups is 1. The van der Waals surface area contributed by atoms with Crippen LogP contribution in [0.3, 0.4) is 0 Å². The van der Waals surface area contributed by atoms with E-state index in [0.717, 1.165) is 38.5 Å². The molecule has 0 saturated heterocycles. The molecule has 32 heavy (non-hydrogen) atoms. The van der Waals surface area contributed by atoms with Crippen LogP contribution in [-0.2, 0) is 9.53 Å². The summed E-state index contributed by atoms with van der Waals surface area (Å²) in [5, 5.41) is 16.3. The Hall–Kier alpha value is -1.18. The van der Waals surface area contributed by atoms with E-state index in [-0.39, 0.29) is 23.7 Å². The molecule has 7 heteroatoms. The van der Waals surface area contributed by atoms with Crippen molar-refractivity contribution < 1.29 is 14.6 Å². The van der Waals surface area contributed by atoms with Crippen molar-refractivity contribution in [2.45, 2.75) is 84.2 Å². The van der Waals surface area contributed by atoms with Gasteiger partial charge in [0.2, 0.25) is 0 Å². The Morgan fingerprint density at radius 2 is 1.81 bits per heavy atom. The highest BCUT2D eigenvalue weighted by molar-refractivity contribution is 5.84. The molecule has 0 aromatic rings. The van der Waals surface area contributed by atoms with Crippen molar-refractivity contribution in [2.75, 3.05) is 20.3 Å². The lowest BCUT2D eigenvalue weighted by atomic mass is 9.44. The van der Waals surface area contributed by atoms with Gasteiger partial charge in [0.05, 0.1) is 12.2 Å². The molecule has 4 fully saturated rings. The number of hydrazine groups is 1. The Kier molecular flexibility index (Phi) is 6.40. The Balaban J connectivity index is 1.48. The predicted octanol–water partition coefficient (Wildman–Crippen LogP) is 3.06. The lowest BCUT2D eigenvalue weighted by molar-refractivity contribution is -0.164. The number of nitrogens with two attached hydrogens (primary N) is 2. The summed E-state index contributed by atoms with van der Waals surface area (Å²) in [7, 11) is 1.69. The van der Waals surface area contributed by atoms with E-state index >= 15 is 0 Å². The fraction of sp³-hybridized carbons (Fsp3) is 0.920. The van der Waals surface area contributed by atoms with Crippen LogP contribution in [0.15, 0.2) is 5.10 Å². The van der Waals surface area contributed by atoms with Crippen molar-refractivity contribution in [2.24, 2.45) is 57.1 Å². The third-order valence-corrected chi connectivity index (χ3v) is 10.2. The number of aliphatic hydroxyl groups is 1. The van der Waals surface area contributed by atoms with Gasteiger partial charge in [-0.2, -0.15) is 0 Å². The largest absolute Gasteiger partial charge is 0.387 e. The molecule has 4 rings (SSSR count). The van der Waals surface area contributed by atoms with Crippen LogP contribution in [0.2, 0.25) is 0 Å². The molecule has 7 nitrogen and oxygen atoms in total. The molecule has 5 N–H and O–H groups in total. The highest BCUT2D eigenvalue weighted by Crippen LogP contribution is 2.68. The zero-order valence-corrected chi connectivity index (χ0v) is 20.5. The van der Waals surface area contributed by atoms with Gasteiger partial charge in [0.1, 0.15) is 12.4 Å². The minimum absolute atomic E-state index is 0.0647. The lowest BCUT2D eigenvalue weighted by Crippen LogP contribution is -2.57. The Morgan fingerprint density at radius 3 is 2.50 bits per heavy atom. The van der Waals surface area contributed by atoms with Crippen molar-refractivity contribution in [1.82, 2.24) is 5.12 Å². The summed E-state index contributed by atoms with van der Waals surface area (Å²) >= 11 is 0. The minimum atomic E-state index is -0.654. The first-order valence-corrected chi connectivity index (χ1v) is 12.6. The molecule has 0 heterocycles. The Morgan fingerprint density at radius 1 is 1.09 bits per heavy atom. The highest BCUT2D eigenvalue weighted by atomic mass is 16.5. The quantitative estimate of drug-likeness (QED) is 0.249. The first-order chi connectivity index (χ1) is 15.0. The van der Waals surface area contributed by atoms with Crippen molar-refractivity contribution in [1.29, 1.82) is 0 Å². The zero-order valence-electron chi connectivity index (χ0n) is 20.5. The predicted molar refractivity (Wildman–Crippen MR) is 125 cm³/mol. The number of Topliss-reactive ketones (excluding diaryl/α,β-unsaturated/α-hetero) is 1. The third-order valence-electron chi connectivity index (χ3n) is 10.2. The van der Waals surface area contributed by atoms with Gasteiger partial charge in [-0.25, -0.2) is 11.0 Å². The third kappa shape index (κ3) is 3.98. The van der Waals surface area contributed by atoms with Gasteiger partial charge >= 0.3 is 0 Å². The van der Waals surface area contributed by atoms with Crippen LogP contribution in [-0.4, -0.2) is 47.7 Å². The number of nitrogens with zero attached hydrogens (tertiary/aromatic N) is 2. The van der Waals surface area contributed by atoms with Crippen LogP contribution >= 0.6 is 0 Å². The van der Waals surface area contributed by atoms with Crippen LogP contribution < -0.4 is 11.6 Å². The van der Waals surface area contributed by atoms with Gasteiger partial charge < -0.3 is 15.6 Å². The maximum Gasteiger partial charge on any atom is 0.159 e. The number of hydrazone groups is 1. The monoisotopic (exact) mass is 448 g/mol. The summed E-state index contributed by atoms with van der Waals surface area (Å²) in [5.41, 5.74) is 5.33. The van der Waals surface area contributed by atoms with E-state index in [1.165, 1.54) is 24.4 Å². The summed E-state index contributed by atoms with van der Waals surface area (Å²) in [5.74, 6) is 9.14. The number of rotatable bonds is 6. The number of hydrogen-bond acceptors (Lipinski definition) is 6. The molecule has 0 radical (unpaired) electrons. The molecule has 0 bridgehead atoms. The average molecular weight is 449 g/mol. The molecule has 182 valence electrons. The maximum absolute atomic E-state index is 13.2. The molecule has 4 saturated carbocycles. The maximum atomic E-state index is 13.2. The SMILES string of the molecule is COC[C@@]1(O)CCC2(C)[C@@H](CCC3[C@@H]2CC[C@]2(C)[C@@H](C(=O)CN(N)/N=C(/C)N)CC[C@@H]32)C1. The van der Waals surface area contributed by atoms with Crippen molar-refractivity contribution >= 4 is 11.6 Å². The number of carbonyl (C=O) groups excluding carboxylic acids is 1. The van der Waals surface area contributed by atoms with Crippen molar-refractivity contribution in [3.63, 3.8) is 0 Å². The van der Waals surface area contributed by atoms with E-state index in [1.807, 2.05) is 0 Å². The average Bonchev–Trinajstić information content (AvgIpc) is 3.05. The molecule has 0 aromatic carbocycles. The molecule has 2 unspecified atom stereocenters. The molecule has 0 aromatic heterocycles. The summed E-state index contributed by atoms with van der Waals surface area (Å²) in [6.07, 6.45) is 9.65. The summed E-state index contributed by atoms with van der Waals surface area (Å²) in [4.78, 5) is 13.2. The van der Waals surface area contributed by atoms with E-state index in [0.29, 0.717) is 41.5 Å². The summed E-state index contributed by atoms with van der Waals surface area (Å²) in [6.45, 7) is 7.13. The number of ether oxygens (including phenoxy) is 1. The minimum Gasteiger partial charge on any atom is -0.387 e. The summed E-state index contributed by atoms with van der Waals surface area (Å²) < 4.78 is 5.35. The van der Waals surface area contributed by atoms with Crippen molar-refractivity contribution in [3.05, 3.63) is 0 Å². The van der Waals surface area contributed by atoms with Gasteiger partial charge in [0, 0.05) is 13.0 Å². The second kappa shape index (κ2) is 8.55. The van der Waals surface area contributed by atoms with E-state index in [2.05, 4.69) is 18.9 Å². The number of fused-ring (bicyclic) bond motifs is 5. The molecule has 0 aliphatic heterocycles. The van der Waals surface area contributed by atoms with Gasteiger partial charge in [0.15, 0.2) is 5.78 Å². The first-order valence-electron chi connectivity index (χ1n) is 12.6. The topological polar surface area (TPSA) is 114 Å². The normalized spacial score (nSPS) is 46.2. The van der Waals surface area contributed by atoms with Gasteiger partial charge in [0.25, 0.3) is 0 Å². The smallest absolute Gasteiger partial charge is 0.159 e. The second-order valence-corrected chi connectivity index (χ2v) is 12.0. The van der Waals surface area contributed by atoms with E-state index in [9.17, 15) is 9.90 Å². The van der Waals surface area contributed by atoms with Crippen molar-refractivity contribution in [3.8, 4) is 0 Å². The van der Waals surface area contributed by atoms with E-state index in [1.54, 1.807) is 14.0 Å². The van der Waals surface area contributed by atoms with Crippen LogP contribution in [0.4, 0.5) is 0 Å². The molecular formula is C25H44N4O3. The molecular weight excluding hydrogens is 404 g/mol. The molecule has 4 aliphatic rings. The summed E-state index contributed by atoms with van der Waals surface area (Å²) in [6, 6.07) is 0. The zero-order chi connectivity index (χ0) is 23.3.